The third kappa shape index (κ3) is 4.13. The topological polar surface area (TPSA) is 79.4 Å². The number of thiazole rings is 1. The minimum atomic E-state index is -3.44. The lowest BCUT2D eigenvalue weighted by atomic mass is 10.0. The van der Waals surface area contributed by atoms with E-state index in [4.69, 9.17) is 0 Å². The van der Waals surface area contributed by atoms with E-state index < -0.39 is 10.0 Å². The lowest BCUT2D eigenvalue weighted by molar-refractivity contribution is -0.115. The van der Waals surface area contributed by atoms with Crippen LogP contribution in [0.5, 0.6) is 0 Å². The second-order valence-corrected chi connectivity index (χ2v) is 9.35. The Balaban J connectivity index is 0.00000261. The fourth-order valence-electron chi connectivity index (χ4n) is 2.84. The zero-order chi connectivity index (χ0) is 18.7. The van der Waals surface area contributed by atoms with Crippen molar-refractivity contribution in [2.45, 2.75) is 38.0 Å². The minimum Gasteiger partial charge on any atom is -0.302 e. The van der Waals surface area contributed by atoms with E-state index in [-0.39, 0.29) is 7.33 Å². The summed E-state index contributed by atoms with van der Waals surface area (Å²) in [5, 5.41) is 5.13. The van der Waals surface area contributed by atoms with E-state index in [1.54, 1.807) is 35.5 Å². The highest BCUT2D eigenvalue weighted by Crippen LogP contribution is 2.28. The summed E-state index contributed by atoms with van der Waals surface area (Å²) >= 11 is 1.35. The predicted octanol–water partition coefficient (Wildman–Crippen LogP) is 3.83. The van der Waals surface area contributed by atoms with Crippen LogP contribution in [0.25, 0.3) is 11.3 Å². The van der Waals surface area contributed by atoms with Crippen LogP contribution in [0.1, 0.15) is 34.5 Å². The number of rotatable bonds is 5. The third-order valence-electron chi connectivity index (χ3n) is 4.60. The summed E-state index contributed by atoms with van der Waals surface area (Å²) in [4.78, 5) is 16.1. The lowest BCUT2D eigenvalue weighted by Crippen LogP contribution is -2.37. The lowest BCUT2D eigenvalue weighted by Gasteiger charge is -2.29. The van der Waals surface area contributed by atoms with Crippen molar-refractivity contribution in [3.05, 3.63) is 29.6 Å². The van der Waals surface area contributed by atoms with Gasteiger partial charge in [0, 0.05) is 31.9 Å². The molecule has 1 N–H and O–H groups in total. The van der Waals surface area contributed by atoms with Crippen molar-refractivity contribution in [1.29, 1.82) is 0 Å². The van der Waals surface area contributed by atoms with E-state index in [0.717, 1.165) is 24.1 Å². The summed E-state index contributed by atoms with van der Waals surface area (Å²) in [6.07, 6.45) is 2.21. The zero-order valence-electron chi connectivity index (χ0n) is 14.9. The van der Waals surface area contributed by atoms with Crippen LogP contribution in [0.2, 0.25) is 0 Å². The first-order valence-corrected chi connectivity index (χ1v) is 11.1. The van der Waals surface area contributed by atoms with Crippen molar-refractivity contribution in [3.8, 4) is 11.3 Å². The molecule has 8 heteroatoms. The standard InChI is InChI=1S/C18H23N3O3S2.H2/c1-3-17(22)20-18-19-16(12-25-18)14-4-6-15(7-5-14)26(23,24)21-10-8-13(2)9-11-21;/h4-7,12-13H,3,8-11H2,1-2H3,(H,19,20,22);1H. The van der Waals surface area contributed by atoms with Gasteiger partial charge < -0.3 is 5.32 Å². The van der Waals surface area contributed by atoms with Gasteiger partial charge in [0.1, 0.15) is 0 Å². The maximum Gasteiger partial charge on any atom is 0.243 e. The van der Waals surface area contributed by atoms with Crippen LogP contribution in [0, 0.1) is 5.92 Å². The molecular formula is C18H25N3O3S2. The monoisotopic (exact) mass is 395 g/mol. The number of hydrogen-bond donors (Lipinski definition) is 1. The molecule has 2 heterocycles. The van der Waals surface area contributed by atoms with Gasteiger partial charge >= 0.3 is 0 Å². The number of carbonyl (C=O) groups excluding carboxylic acids is 1. The Morgan fingerprint density at radius 1 is 1.31 bits per heavy atom. The van der Waals surface area contributed by atoms with Crippen LogP contribution < -0.4 is 5.32 Å². The van der Waals surface area contributed by atoms with Gasteiger partial charge in [-0.2, -0.15) is 4.31 Å². The molecule has 1 aliphatic heterocycles. The Kier molecular flexibility index (Phi) is 5.74. The highest BCUT2D eigenvalue weighted by molar-refractivity contribution is 7.89. The molecule has 2 aromatic rings. The first-order valence-electron chi connectivity index (χ1n) is 8.76. The molecule has 0 aliphatic carbocycles. The first kappa shape index (κ1) is 19.0. The number of anilines is 1. The Labute approximate surface area is 159 Å². The minimum absolute atomic E-state index is 0. The molecule has 3 rings (SSSR count). The van der Waals surface area contributed by atoms with E-state index in [1.807, 2.05) is 5.38 Å². The Morgan fingerprint density at radius 2 is 1.96 bits per heavy atom. The van der Waals surface area contributed by atoms with Crippen LogP contribution >= 0.6 is 11.3 Å². The van der Waals surface area contributed by atoms with E-state index in [1.165, 1.54) is 11.3 Å². The van der Waals surface area contributed by atoms with Crippen LogP contribution in [0.3, 0.4) is 0 Å². The SMILES string of the molecule is CCC(=O)Nc1nc(-c2ccc(S(=O)(=O)N3CCC(C)CC3)cc2)cs1.[HH]. The molecule has 142 valence electrons. The Bertz CT molecular complexity index is 874. The number of nitrogens with one attached hydrogen (secondary N) is 1. The van der Waals surface area contributed by atoms with Gasteiger partial charge in [0.2, 0.25) is 15.9 Å². The zero-order valence-corrected chi connectivity index (χ0v) is 16.6. The number of amides is 1. The molecule has 0 atom stereocenters. The predicted molar refractivity (Wildman–Crippen MR) is 106 cm³/mol. The molecule has 0 unspecified atom stereocenters. The third-order valence-corrected chi connectivity index (χ3v) is 7.27. The van der Waals surface area contributed by atoms with Crippen LogP contribution in [0.15, 0.2) is 34.5 Å². The van der Waals surface area contributed by atoms with Gasteiger partial charge in [-0.1, -0.05) is 26.0 Å². The van der Waals surface area contributed by atoms with Gasteiger partial charge in [0.15, 0.2) is 5.13 Å². The molecule has 26 heavy (non-hydrogen) atoms. The van der Waals surface area contributed by atoms with Crippen molar-refractivity contribution < 1.29 is 14.6 Å². The number of aromatic nitrogens is 1. The fraction of sp³-hybridized carbons (Fsp3) is 0.444. The van der Waals surface area contributed by atoms with Crippen molar-refractivity contribution in [1.82, 2.24) is 9.29 Å². The quantitative estimate of drug-likeness (QED) is 0.834. The van der Waals surface area contributed by atoms with Gasteiger partial charge in [-0.05, 0) is 30.9 Å². The molecule has 1 fully saturated rings. The smallest absolute Gasteiger partial charge is 0.243 e. The molecule has 1 aromatic heterocycles. The van der Waals surface area contributed by atoms with Crippen LogP contribution in [-0.2, 0) is 14.8 Å². The molecule has 0 bridgehead atoms. The largest absolute Gasteiger partial charge is 0.302 e. The number of nitrogens with zero attached hydrogens (tertiary/aromatic N) is 2. The molecule has 1 aromatic carbocycles. The van der Waals surface area contributed by atoms with Gasteiger partial charge in [-0.15, -0.1) is 11.3 Å². The number of sulfonamides is 1. The fourth-order valence-corrected chi connectivity index (χ4v) is 5.05. The van der Waals surface area contributed by atoms with E-state index in [0.29, 0.717) is 35.5 Å². The molecule has 0 saturated carbocycles. The number of benzene rings is 1. The van der Waals surface area contributed by atoms with Crippen molar-refractivity contribution in [2.24, 2.45) is 5.92 Å². The second kappa shape index (κ2) is 7.85. The maximum atomic E-state index is 12.8. The highest BCUT2D eigenvalue weighted by atomic mass is 32.2. The average molecular weight is 396 g/mol. The average Bonchev–Trinajstić information content (AvgIpc) is 3.10. The summed E-state index contributed by atoms with van der Waals surface area (Å²) in [5.41, 5.74) is 1.54. The second-order valence-electron chi connectivity index (χ2n) is 6.55. The van der Waals surface area contributed by atoms with Gasteiger partial charge in [0.05, 0.1) is 10.6 Å². The number of piperidine rings is 1. The summed E-state index contributed by atoms with van der Waals surface area (Å²) < 4.78 is 27.1. The Hall–Kier alpha value is -1.77. The Morgan fingerprint density at radius 3 is 2.58 bits per heavy atom. The van der Waals surface area contributed by atoms with Crippen LogP contribution in [0.4, 0.5) is 5.13 Å². The molecule has 1 aliphatic rings. The summed E-state index contributed by atoms with van der Waals surface area (Å²) in [5.74, 6) is 0.499. The molecule has 0 spiro atoms. The van der Waals surface area contributed by atoms with E-state index in [2.05, 4.69) is 17.2 Å². The normalized spacial score (nSPS) is 16.5. The van der Waals surface area contributed by atoms with Crippen LogP contribution in [-0.4, -0.2) is 36.7 Å². The van der Waals surface area contributed by atoms with Crippen molar-refractivity contribution >= 4 is 32.4 Å². The number of carbonyl (C=O) groups is 1. The van der Waals surface area contributed by atoms with Crippen molar-refractivity contribution in [3.63, 3.8) is 0 Å². The summed E-state index contributed by atoms with van der Waals surface area (Å²) in [6.45, 7) is 5.10. The summed E-state index contributed by atoms with van der Waals surface area (Å²) in [6, 6.07) is 6.79. The van der Waals surface area contributed by atoms with E-state index in [9.17, 15) is 13.2 Å². The van der Waals surface area contributed by atoms with Gasteiger partial charge in [-0.3, -0.25) is 4.79 Å². The highest BCUT2D eigenvalue weighted by Gasteiger charge is 2.27. The first-order chi connectivity index (χ1) is 12.4. The van der Waals surface area contributed by atoms with Crippen molar-refractivity contribution in [2.75, 3.05) is 18.4 Å². The molecule has 6 nitrogen and oxygen atoms in total. The van der Waals surface area contributed by atoms with Gasteiger partial charge in [-0.25, -0.2) is 13.4 Å². The molecule has 1 amide bonds. The van der Waals surface area contributed by atoms with E-state index >= 15 is 0 Å². The van der Waals surface area contributed by atoms with Gasteiger partial charge in [0.25, 0.3) is 0 Å². The molecule has 0 radical (unpaired) electrons. The summed E-state index contributed by atoms with van der Waals surface area (Å²) in [7, 11) is -3.44. The number of hydrogen-bond acceptors (Lipinski definition) is 5. The molecular weight excluding hydrogens is 370 g/mol. The maximum absolute atomic E-state index is 12.8. The molecule has 1 saturated heterocycles.